The number of aliphatic hydroxyl groups is 1. The van der Waals surface area contributed by atoms with Crippen LogP contribution < -0.4 is 0 Å². The first-order chi connectivity index (χ1) is 8.69. The molecule has 0 aromatic carbocycles. The Hall–Kier alpha value is -0.160. The third kappa shape index (κ3) is 4.15. The molecule has 1 unspecified atom stereocenters. The maximum Gasteiger partial charge on any atom is 0.219 e. The smallest absolute Gasteiger partial charge is 0.219 e. The number of hydrogen-bond acceptors (Lipinski definition) is 4. The summed E-state index contributed by atoms with van der Waals surface area (Å²) in [7, 11) is 0. The summed E-state index contributed by atoms with van der Waals surface area (Å²) < 4.78 is 11.6. The zero-order valence-corrected chi connectivity index (χ0v) is 13.0. The molecular weight excluding hydrogens is 242 g/mol. The van der Waals surface area contributed by atoms with Crippen LogP contribution in [0.2, 0.25) is 0 Å². The monoisotopic (exact) mass is 271 g/mol. The van der Waals surface area contributed by atoms with Crippen LogP contribution in [0.25, 0.3) is 0 Å². The molecule has 2 atom stereocenters. The predicted octanol–water partition coefficient (Wildman–Crippen LogP) is 2.70. The van der Waals surface area contributed by atoms with Gasteiger partial charge in [-0.25, -0.2) is 4.90 Å². The summed E-state index contributed by atoms with van der Waals surface area (Å²) in [6.07, 6.45) is 4.17. The molecule has 1 heterocycles. The van der Waals surface area contributed by atoms with Crippen LogP contribution in [0.5, 0.6) is 0 Å². The highest BCUT2D eigenvalue weighted by atomic mass is 16.7. The highest BCUT2D eigenvalue weighted by Crippen LogP contribution is 2.38. The van der Waals surface area contributed by atoms with E-state index in [4.69, 9.17) is 9.47 Å². The highest BCUT2D eigenvalue weighted by Gasteiger charge is 2.45. The van der Waals surface area contributed by atoms with Gasteiger partial charge < -0.3 is 14.6 Å². The van der Waals surface area contributed by atoms with Gasteiger partial charge in [0.15, 0.2) is 0 Å². The highest BCUT2D eigenvalue weighted by molar-refractivity contribution is 4.88. The van der Waals surface area contributed by atoms with E-state index in [1.807, 2.05) is 39.5 Å². The minimum absolute atomic E-state index is 0.257. The number of ether oxygens (including phenoxy) is 2. The molecule has 0 aromatic rings. The SMILES string of the molecule is CC(C)(C)OC(O)N1[C@@H](CCC2CC2)COC1(C)C. The number of rotatable bonds is 5. The van der Waals surface area contributed by atoms with Crippen molar-refractivity contribution in [3.63, 3.8) is 0 Å². The van der Waals surface area contributed by atoms with Crippen LogP contribution in [-0.4, -0.2) is 40.4 Å². The van der Waals surface area contributed by atoms with E-state index in [1.54, 1.807) is 0 Å². The molecule has 1 saturated carbocycles. The van der Waals surface area contributed by atoms with Gasteiger partial charge in [0.2, 0.25) is 6.41 Å². The van der Waals surface area contributed by atoms with Gasteiger partial charge in [0.05, 0.1) is 12.2 Å². The average molecular weight is 271 g/mol. The second kappa shape index (κ2) is 5.32. The van der Waals surface area contributed by atoms with Crippen molar-refractivity contribution >= 4 is 0 Å². The first-order valence-electron chi connectivity index (χ1n) is 7.47. The van der Waals surface area contributed by atoms with Gasteiger partial charge >= 0.3 is 0 Å². The van der Waals surface area contributed by atoms with Crippen molar-refractivity contribution in [3.8, 4) is 0 Å². The Labute approximate surface area is 117 Å². The molecule has 0 bridgehead atoms. The second-order valence-electron chi connectivity index (χ2n) is 7.40. The lowest BCUT2D eigenvalue weighted by Crippen LogP contribution is -2.53. The van der Waals surface area contributed by atoms with Gasteiger partial charge in [-0.1, -0.05) is 12.8 Å². The molecule has 1 aliphatic carbocycles. The molecule has 1 saturated heterocycles. The Bertz CT molecular complexity index is 307. The quantitative estimate of drug-likeness (QED) is 0.781. The molecule has 1 aliphatic heterocycles. The van der Waals surface area contributed by atoms with Gasteiger partial charge in [0.1, 0.15) is 5.72 Å². The van der Waals surface area contributed by atoms with Crippen molar-refractivity contribution in [3.05, 3.63) is 0 Å². The lowest BCUT2D eigenvalue weighted by molar-refractivity contribution is -0.277. The maximum atomic E-state index is 10.4. The average Bonchev–Trinajstić information content (AvgIpc) is 2.98. The Kier molecular flexibility index (Phi) is 4.26. The molecule has 2 aliphatic rings. The van der Waals surface area contributed by atoms with E-state index in [0.717, 1.165) is 12.3 Å². The number of aliphatic hydroxyl groups excluding tert-OH is 1. The first kappa shape index (κ1) is 15.2. The van der Waals surface area contributed by atoms with Crippen molar-refractivity contribution in [1.82, 2.24) is 4.90 Å². The molecule has 2 fully saturated rings. The van der Waals surface area contributed by atoms with E-state index in [-0.39, 0.29) is 11.6 Å². The minimum atomic E-state index is -0.901. The van der Waals surface area contributed by atoms with Gasteiger partial charge in [0, 0.05) is 6.04 Å². The molecular formula is C15H29NO3. The van der Waals surface area contributed by atoms with Gasteiger partial charge in [-0.3, -0.25) is 0 Å². The van der Waals surface area contributed by atoms with Crippen LogP contribution in [-0.2, 0) is 9.47 Å². The Balaban J connectivity index is 1.97. The van der Waals surface area contributed by atoms with E-state index < -0.39 is 12.1 Å². The summed E-state index contributed by atoms with van der Waals surface area (Å²) in [5, 5.41) is 10.4. The largest absolute Gasteiger partial charge is 0.359 e. The predicted molar refractivity (Wildman–Crippen MR) is 74.5 cm³/mol. The summed E-state index contributed by atoms with van der Waals surface area (Å²) >= 11 is 0. The van der Waals surface area contributed by atoms with E-state index >= 15 is 0 Å². The summed E-state index contributed by atoms with van der Waals surface area (Å²) in [4.78, 5) is 1.99. The van der Waals surface area contributed by atoms with Crippen LogP contribution in [0.4, 0.5) is 0 Å². The summed E-state index contributed by atoms with van der Waals surface area (Å²) in [5.74, 6) is 0.909. The number of nitrogens with zero attached hydrogens (tertiary/aromatic N) is 1. The summed E-state index contributed by atoms with van der Waals surface area (Å²) in [6.45, 7) is 10.6. The van der Waals surface area contributed by atoms with Gasteiger partial charge in [-0.05, 0) is 53.4 Å². The summed E-state index contributed by atoms with van der Waals surface area (Å²) in [5.41, 5.74) is -0.821. The molecule has 4 heteroatoms. The molecule has 0 spiro atoms. The Morgan fingerprint density at radius 1 is 1.32 bits per heavy atom. The Morgan fingerprint density at radius 2 is 1.95 bits per heavy atom. The molecule has 4 nitrogen and oxygen atoms in total. The van der Waals surface area contributed by atoms with E-state index in [0.29, 0.717) is 6.61 Å². The zero-order chi connectivity index (χ0) is 14.3. The standard InChI is InChI=1S/C15H29NO3/c1-14(2,3)19-13(17)16-12(9-8-11-6-7-11)10-18-15(16,4)5/h11-13,17H,6-10H2,1-5H3/t12-,13?/m0/s1. The van der Waals surface area contributed by atoms with Gasteiger partial charge in [-0.2, -0.15) is 0 Å². The van der Waals surface area contributed by atoms with Crippen molar-refractivity contribution in [2.75, 3.05) is 6.61 Å². The van der Waals surface area contributed by atoms with Crippen molar-refractivity contribution in [2.45, 2.75) is 84.1 Å². The number of hydrogen-bond donors (Lipinski definition) is 1. The fraction of sp³-hybridized carbons (Fsp3) is 1.00. The van der Waals surface area contributed by atoms with E-state index in [1.165, 1.54) is 19.3 Å². The molecule has 0 aromatic heterocycles. The topological polar surface area (TPSA) is 41.9 Å². The first-order valence-corrected chi connectivity index (χ1v) is 7.47. The van der Waals surface area contributed by atoms with Crippen molar-refractivity contribution in [1.29, 1.82) is 0 Å². The zero-order valence-electron chi connectivity index (χ0n) is 13.0. The summed E-state index contributed by atoms with van der Waals surface area (Å²) in [6, 6.07) is 0.257. The fourth-order valence-electron chi connectivity index (χ4n) is 2.77. The normalized spacial score (nSPS) is 29.7. The molecule has 2 rings (SSSR count). The lowest BCUT2D eigenvalue weighted by Gasteiger charge is -2.39. The van der Waals surface area contributed by atoms with Crippen molar-refractivity contribution in [2.24, 2.45) is 5.92 Å². The molecule has 1 N–H and O–H groups in total. The lowest BCUT2D eigenvalue weighted by atomic mass is 10.1. The molecule has 19 heavy (non-hydrogen) atoms. The van der Waals surface area contributed by atoms with Crippen LogP contribution in [0.1, 0.15) is 60.3 Å². The third-order valence-corrected chi connectivity index (χ3v) is 3.95. The van der Waals surface area contributed by atoms with Crippen LogP contribution in [0, 0.1) is 5.92 Å². The van der Waals surface area contributed by atoms with E-state index in [2.05, 4.69) is 0 Å². The van der Waals surface area contributed by atoms with Crippen LogP contribution in [0.3, 0.4) is 0 Å². The molecule has 112 valence electrons. The second-order valence-corrected chi connectivity index (χ2v) is 7.40. The third-order valence-electron chi connectivity index (χ3n) is 3.95. The molecule has 0 amide bonds. The molecule has 0 radical (unpaired) electrons. The van der Waals surface area contributed by atoms with Crippen molar-refractivity contribution < 1.29 is 14.6 Å². The van der Waals surface area contributed by atoms with Crippen LogP contribution in [0.15, 0.2) is 0 Å². The minimum Gasteiger partial charge on any atom is -0.359 e. The maximum absolute atomic E-state index is 10.4. The van der Waals surface area contributed by atoms with Gasteiger partial charge in [-0.15, -0.1) is 0 Å². The van der Waals surface area contributed by atoms with Crippen LogP contribution >= 0.6 is 0 Å². The Morgan fingerprint density at radius 3 is 2.47 bits per heavy atom. The van der Waals surface area contributed by atoms with E-state index in [9.17, 15) is 5.11 Å². The fourth-order valence-corrected chi connectivity index (χ4v) is 2.77. The van der Waals surface area contributed by atoms with Gasteiger partial charge in [0.25, 0.3) is 0 Å².